The van der Waals surface area contributed by atoms with Crippen molar-refractivity contribution in [2.75, 3.05) is 11.4 Å². The van der Waals surface area contributed by atoms with Gasteiger partial charge in [-0.15, -0.1) is 0 Å². The monoisotopic (exact) mass is 208 g/mol. The third-order valence-corrected chi connectivity index (χ3v) is 2.64. The van der Waals surface area contributed by atoms with E-state index in [2.05, 4.69) is 0 Å². The van der Waals surface area contributed by atoms with Gasteiger partial charge in [-0.1, -0.05) is 6.07 Å². The van der Waals surface area contributed by atoms with E-state index in [9.17, 15) is 9.18 Å². The van der Waals surface area contributed by atoms with Gasteiger partial charge in [0, 0.05) is 30.8 Å². The van der Waals surface area contributed by atoms with Crippen LogP contribution in [0.15, 0.2) is 18.2 Å². The molecule has 2 rings (SSSR count). The normalized spacial score (nSPS) is 16.1. The third kappa shape index (κ3) is 1.85. The fourth-order valence-electron chi connectivity index (χ4n) is 1.79. The third-order valence-electron chi connectivity index (χ3n) is 2.64. The van der Waals surface area contributed by atoms with Crippen LogP contribution in [0.3, 0.4) is 0 Å². The van der Waals surface area contributed by atoms with Crippen LogP contribution in [0.25, 0.3) is 0 Å². The Hall–Kier alpha value is -1.42. The average molecular weight is 208 g/mol. The maximum Gasteiger partial charge on any atom is 0.227 e. The maximum absolute atomic E-state index is 13.4. The molecule has 1 aliphatic rings. The molecule has 1 aliphatic heterocycles. The maximum atomic E-state index is 13.4. The Kier molecular flexibility index (Phi) is 2.68. The number of hydrogen-bond acceptors (Lipinski definition) is 2. The number of halogens is 1. The highest BCUT2D eigenvalue weighted by Crippen LogP contribution is 2.23. The van der Waals surface area contributed by atoms with E-state index in [1.54, 1.807) is 17.0 Å². The van der Waals surface area contributed by atoms with Gasteiger partial charge < -0.3 is 10.6 Å². The Morgan fingerprint density at radius 2 is 2.27 bits per heavy atom. The molecule has 2 N–H and O–H groups in total. The average Bonchev–Trinajstić information content (AvgIpc) is 2.64. The Morgan fingerprint density at radius 3 is 2.80 bits per heavy atom. The van der Waals surface area contributed by atoms with Crippen LogP contribution in [0.2, 0.25) is 0 Å². The molecule has 1 aromatic carbocycles. The first-order valence-electron chi connectivity index (χ1n) is 5.01. The first-order chi connectivity index (χ1) is 7.22. The minimum absolute atomic E-state index is 0.0647. The largest absolute Gasteiger partial charge is 0.326 e. The lowest BCUT2D eigenvalue weighted by Gasteiger charge is -2.16. The van der Waals surface area contributed by atoms with Gasteiger partial charge in [-0.25, -0.2) is 4.39 Å². The van der Waals surface area contributed by atoms with Gasteiger partial charge in [0.15, 0.2) is 0 Å². The van der Waals surface area contributed by atoms with Crippen molar-refractivity contribution in [2.24, 2.45) is 5.73 Å². The lowest BCUT2D eigenvalue weighted by Crippen LogP contribution is -2.23. The number of benzene rings is 1. The van der Waals surface area contributed by atoms with Gasteiger partial charge in [-0.3, -0.25) is 4.79 Å². The quantitative estimate of drug-likeness (QED) is 0.798. The van der Waals surface area contributed by atoms with Gasteiger partial charge >= 0.3 is 0 Å². The van der Waals surface area contributed by atoms with E-state index in [-0.39, 0.29) is 18.3 Å². The Labute approximate surface area is 87.7 Å². The number of hydrogen-bond donors (Lipinski definition) is 1. The van der Waals surface area contributed by atoms with Crippen molar-refractivity contribution in [1.82, 2.24) is 0 Å². The zero-order chi connectivity index (χ0) is 10.8. The van der Waals surface area contributed by atoms with Crippen LogP contribution in [0.5, 0.6) is 0 Å². The molecule has 0 aliphatic carbocycles. The van der Waals surface area contributed by atoms with Crippen molar-refractivity contribution >= 4 is 11.6 Å². The second-order valence-electron chi connectivity index (χ2n) is 3.63. The van der Waals surface area contributed by atoms with Crippen molar-refractivity contribution in [2.45, 2.75) is 19.4 Å². The highest BCUT2D eigenvalue weighted by molar-refractivity contribution is 5.95. The highest BCUT2D eigenvalue weighted by atomic mass is 19.1. The number of amides is 1. The summed E-state index contributed by atoms with van der Waals surface area (Å²) in [5.41, 5.74) is 6.47. The molecule has 0 bridgehead atoms. The molecule has 80 valence electrons. The molecule has 1 heterocycles. The van der Waals surface area contributed by atoms with Gasteiger partial charge in [-0.05, 0) is 18.6 Å². The molecule has 4 heteroatoms. The lowest BCUT2D eigenvalue weighted by atomic mass is 10.2. The van der Waals surface area contributed by atoms with Crippen LogP contribution in [0.1, 0.15) is 18.4 Å². The second-order valence-corrected chi connectivity index (χ2v) is 3.63. The van der Waals surface area contributed by atoms with E-state index >= 15 is 0 Å². The predicted molar refractivity (Wildman–Crippen MR) is 55.9 cm³/mol. The van der Waals surface area contributed by atoms with Crippen molar-refractivity contribution < 1.29 is 9.18 Å². The van der Waals surface area contributed by atoms with Crippen LogP contribution in [-0.2, 0) is 11.3 Å². The zero-order valence-electron chi connectivity index (χ0n) is 8.37. The number of anilines is 1. The molecule has 1 saturated heterocycles. The molecule has 0 radical (unpaired) electrons. The molecule has 1 amide bonds. The van der Waals surface area contributed by atoms with E-state index in [4.69, 9.17) is 5.73 Å². The van der Waals surface area contributed by atoms with Crippen molar-refractivity contribution in [1.29, 1.82) is 0 Å². The summed E-state index contributed by atoms with van der Waals surface area (Å²) in [7, 11) is 0. The molecule has 0 saturated carbocycles. The van der Waals surface area contributed by atoms with Crippen LogP contribution < -0.4 is 10.6 Å². The smallest absolute Gasteiger partial charge is 0.227 e. The van der Waals surface area contributed by atoms with Gasteiger partial charge in [0.2, 0.25) is 5.91 Å². The summed E-state index contributed by atoms with van der Waals surface area (Å²) in [6.07, 6.45) is 1.40. The van der Waals surface area contributed by atoms with Crippen LogP contribution in [0.4, 0.5) is 10.1 Å². The molecule has 1 fully saturated rings. The summed E-state index contributed by atoms with van der Waals surface area (Å²) >= 11 is 0. The summed E-state index contributed by atoms with van der Waals surface area (Å²) in [6, 6.07) is 4.76. The van der Waals surface area contributed by atoms with Gasteiger partial charge in [0.05, 0.1) is 0 Å². The highest BCUT2D eigenvalue weighted by Gasteiger charge is 2.22. The molecule has 0 atom stereocenters. The van der Waals surface area contributed by atoms with Crippen molar-refractivity contribution in [3.05, 3.63) is 29.6 Å². The van der Waals surface area contributed by atoms with E-state index < -0.39 is 0 Å². The summed E-state index contributed by atoms with van der Waals surface area (Å²) in [6.45, 7) is 0.861. The fourth-order valence-corrected chi connectivity index (χ4v) is 1.79. The number of carbonyl (C=O) groups excluding carboxylic acids is 1. The molecule has 1 aromatic rings. The molecular weight excluding hydrogens is 195 g/mol. The number of rotatable bonds is 2. The summed E-state index contributed by atoms with van der Waals surface area (Å²) in [5, 5.41) is 0. The molecular formula is C11H13FN2O. The number of nitrogens with zero attached hydrogens (tertiary/aromatic N) is 1. The van der Waals surface area contributed by atoms with Gasteiger partial charge in [0.1, 0.15) is 5.82 Å². The van der Waals surface area contributed by atoms with Gasteiger partial charge in [-0.2, -0.15) is 0 Å². The van der Waals surface area contributed by atoms with E-state index in [0.29, 0.717) is 24.2 Å². The standard InChI is InChI=1S/C11H13FN2O/c12-10-6-9(4-3-8(10)7-13)14-5-1-2-11(14)15/h3-4,6H,1-2,5,7,13H2. The summed E-state index contributed by atoms with van der Waals surface area (Å²) in [5.74, 6) is -0.274. The molecule has 0 aromatic heterocycles. The minimum Gasteiger partial charge on any atom is -0.326 e. The zero-order valence-corrected chi connectivity index (χ0v) is 8.37. The van der Waals surface area contributed by atoms with Gasteiger partial charge in [0.25, 0.3) is 0 Å². The SMILES string of the molecule is NCc1ccc(N2CCCC2=O)cc1F. The second kappa shape index (κ2) is 3.98. The number of nitrogens with two attached hydrogens (primary N) is 1. The van der Waals surface area contributed by atoms with Crippen LogP contribution >= 0.6 is 0 Å². The summed E-state index contributed by atoms with van der Waals surface area (Å²) in [4.78, 5) is 13.0. The number of carbonyl (C=O) groups is 1. The topological polar surface area (TPSA) is 46.3 Å². The molecule has 15 heavy (non-hydrogen) atoms. The molecule has 0 spiro atoms. The van der Waals surface area contributed by atoms with Crippen molar-refractivity contribution in [3.8, 4) is 0 Å². The van der Waals surface area contributed by atoms with Crippen molar-refractivity contribution in [3.63, 3.8) is 0 Å². The van der Waals surface area contributed by atoms with E-state index in [1.807, 2.05) is 0 Å². The Bertz CT molecular complexity index is 392. The van der Waals surface area contributed by atoms with E-state index in [1.165, 1.54) is 6.07 Å². The molecule has 3 nitrogen and oxygen atoms in total. The Balaban J connectivity index is 2.29. The van der Waals surface area contributed by atoms with Crippen LogP contribution in [-0.4, -0.2) is 12.5 Å². The first-order valence-corrected chi connectivity index (χ1v) is 5.01. The van der Waals surface area contributed by atoms with E-state index in [0.717, 1.165) is 6.42 Å². The minimum atomic E-state index is -0.338. The summed E-state index contributed by atoms with van der Waals surface area (Å²) < 4.78 is 13.4. The fraction of sp³-hybridized carbons (Fsp3) is 0.364. The predicted octanol–water partition coefficient (Wildman–Crippen LogP) is 1.41. The Morgan fingerprint density at radius 1 is 1.47 bits per heavy atom. The first kappa shape index (κ1) is 10.1. The van der Waals surface area contributed by atoms with Crippen LogP contribution in [0, 0.1) is 5.82 Å². The lowest BCUT2D eigenvalue weighted by molar-refractivity contribution is -0.117. The molecule has 0 unspecified atom stereocenters.